The van der Waals surface area contributed by atoms with Crippen molar-refractivity contribution in [3.05, 3.63) is 34.3 Å². The van der Waals surface area contributed by atoms with Crippen molar-refractivity contribution >= 4 is 21.4 Å². The summed E-state index contributed by atoms with van der Waals surface area (Å²) in [5.41, 5.74) is 0.651. The highest BCUT2D eigenvalue weighted by Gasteiger charge is 2.24. The molecule has 2 N–H and O–H groups in total. The Bertz CT molecular complexity index is 662. The predicted octanol–water partition coefficient (Wildman–Crippen LogP) is 1.11. The van der Waals surface area contributed by atoms with E-state index in [4.69, 9.17) is 0 Å². The van der Waals surface area contributed by atoms with Crippen LogP contribution in [0.25, 0.3) is 0 Å². The average Bonchev–Trinajstić information content (AvgIpc) is 2.97. The molecule has 2 aromatic rings. The van der Waals surface area contributed by atoms with Gasteiger partial charge in [-0.1, -0.05) is 0 Å². The summed E-state index contributed by atoms with van der Waals surface area (Å²) >= 11 is 1.25. The maximum Gasteiger partial charge on any atom is 0.242 e. The van der Waals surface area contributed by atoms with Gasteiger partial charge in [0.2, 0.25) is 10.0 Å². The van der Waals surface area contributed by atoms with Crippen LogP contribution < -0.4 is 4.72 Å². The number of aryl methyl sites for hydroxylation is 1. The van der Waals surface area contributed by atoms with Crippen LogP contribution in [0.3, 0.4) is 0 Å². The van der Waals surface area contributed by atoms with Crippen molar-refractivity contribution in [2.75, 3.05) is 0 Å². The number of hydrogen-bond acceptors (Lipinski definition) is 5. The smallest absolute Gasteiger partial charge is 0.242 e. The van der Waals surface area contributed by atoms with Crippen molar-refractivity contribution in [2.24, 2.45) is 0 Å². The molecule has 0 bridgehead atoms. The monoisotopic (exact) mass is 315 g/mol. The molecule has 8 heteroatoms. The van der Waals surface area contributed by atoms with E-state index in [1.165, 1.54) is 11.3 Å². The Morgan fingerprint density at radius 1 is 1.55 bits per heavy atom. The number of aliphatic hydroxyl groups is 1. The molecule has 2 rings (SSSR count). The fraction of sp³-hybridized carbons (Fsp3) is 0.417. The highest BCUT2D eigenvalue weighted by Crippen LogP contribution is 2.26. The van der Waals surface area contributed by atoms with Gasteiger partial charge in [-0.25, -0.2) is 13.1 Å². The molecule has 0 radical (unpaired) electrons. The standard InChI is InChI=1S/C12H17N3O3S2/c1-9-8-19-11(7-16)12(9)20(17,18)14-10(2)6-15-5-3-4-13-15/h3-5,8,10,14,16H,6-7H2,1-2H3. The molecule has 2 aromatic heterocycles. The molecule has 0 aromatic carbocycles. The van der Waals surface area contributed by atoms with Crippen molar-refractivity contribution in [3.63, 3.8) is 0 Å². The van der Waals surface area contributed by atoms with Crippen molar-refractivity contribution in [1.29, 1.82) is 0 Å². The number of hydrogen-bond donors (Lipinski definition) is 2. The minimum Gasteiger partial charge on any atom is -0.391 e. The molecule has 110 valence electrons. The summed E-state index contributed by atoms with van der Waals surface area (Å²) in [6.07, 6.45) is 3.42. The lowest BCUT2D eigenvalue weighted by Crippen LogP contribution is -2.36. The van der Waals surface area contributed by atoms with E-state index in [9.17, 15) is 13.5 Å². The van der Waals surface area contributed by atoms with E-state index >= 15 is 0 Å². The first-order valence-corrected chi connectivity index (χ1v) is 8.48. The first kappa shape index (κ1) is 15.2. The maximum absolute atomic E-state index is 12.4. The van der Waals surface area contributed by atoms with Crippen LogP contribution in [-0.2, 0) is 23.2 Å². The molecule has 1 atom stereocenters. The summed E-state index contributed by atoms with van der Waals surface area (Å²) in [4.78, 5) is 0.651. The lowest BCUT2D eigenvalue weighted by molar-refractivity contribution is 0.282. The molecule has 0 amide bonds. The molecule has 0 aliphatic heterocycles. The van der Waals surface area contributed by atoms with Crippen LogP contribution in [0.1, 0.15) is 17.4 Å². The van der Waals surface area contributed by atoms with Crippen molar-refractivity contribution in [1.82, 2.24) is 14.5 Å². The number of rotatable bonds is 6. The molecule has 0 saturated heterocycles. The quantitative estimate of drug-likeness (QED) is 0.836. The summed E-state index contributed by atoms with van der Waals surface area (Å²) in [5.74, 6) is 0. The zero-order valence-electron chi connectivity index (χ0n) is 11.3. The molecular weight excluding hydrogens is 298 g/mol. The Labute approximate surface area is 122 Å². The summed E-state index contributed by atoms with van der Waals surface area (Å²) in [5, 5.41) is 15.0. The topological polar surface area (TPSA) is 84.2 Å². The molecule has 6 nitrogen and oxygen atoms in total. The van der Waals surface area contributed by atoms with Crippen molar-refractivity contribution < 1.29 is 13.5 Å². The van der Waals surface area contributed by atoms with E-state index in [-0.39, 0.29) is 17.5 Å². The lowest BCUT2D eigenvalue weighted by atomic mass is 10.3. The molecule has 0 saturated carbocycles. The van der Waals surface area contributed by atoms with E-state index in [1.807, 2.05) is 0 Å². The third-order valence-corrected chi connectivity index (χ3v) is 5.82. The Morgan fingerprint density at radius 2 is 2.30 bits per heavy atom. The van der Waals surface area contributed by atoms with E-state index in [0.717, 1.165) is 0 Å². The number of thiophene rings is 1. The molecule has 0 spiro atoms. The van der Waals surface area contributed by atoms with Crippen LogP contribution in [0.2, 0.25) is 0 Å². The van der Waals surface area contributed by atoms with Crippen LogP contribution in [0.5, 0.6) is 0 Å². The van der Waals surface area contributed by atoms with Gasteiger partial charge >= 0.3 is 0 Å². The van der Waals surface area contributed by atoms with E-state index in [1.54, 1.807) is 42.4 Å². The highest BCUT2D eigenvalue weighted by molar-refractivity contribution is 7.89. The number of nitrogens with one attached hydrogen (secondary N) is 1. The maximum atomic E-state index is 12.4. The van der Waals surface area contributed by atoms with Gasteiger partial charge < -0.3 is 5.11 Å². The molecule has 1 unspecified atom stereocenters. The Kier molecular flexibility index (Phi) is 4.59. The van der Waals surface area contributed by atoms with Crippen LogP contribution >= 0.6 is 11.3 Å². The van der Waals surface area contributed by atoms with Crippen molar-refractivity contribution in [3.8, 4) is 0 Å². The zero-order chi connectivity index (χ0) is 14.8. The van der Waals surface area contributed by atoms with Gasteiger partial charge in [0.1, 0.15) is 4.90 Å². The van der Waals surface area contributed by atoms with E-state index in [2.05, 4.69) is 9.82 Å². The Morgan fingerprint density at radius 3 is 2.90 bits per heavy atom. The molecule has 0 aliphatic rings. The fourth-order valence-corrected chi connectivity index (χ4v) is 4.90. The number of nitrogens with zero attached hydrogens (tertiary/aromatic N) is 2. The summed E-state index contributed by atoms with van der Waals surface area (Å²) in [7, 11) is -3.63. The van der Waals surface area contributed by atoms with Crippen LogP contribution in [-0.4, -0.2) is 29.3 Å². The minimum atomic E-state index is -3.63. The normalized spacial score (nSPS) is 13.6. The first-order chi connectivity index (χ1) is 9.44. The van der Waals surface area contributed by atoms with Gasteiger partial charge in [-0.3, -0.25) is 4.68 Å². The fourth-order valence-electron chi connectivity index (χ4n) is 2.01. The number of aliphatic hydroxyl groups excluding tert-OH is 1. The lowest BCUT2D eigenvalue weighted by Gasteiger charge is -2.15. The molecule has 0 aliphatic carbocycles. The molecule has 2 heterocycles. The number of sulfonamides is 1. The van der Waals surface area contributed by atoms with Gasteiger partial charge in [-0.15, -0.1) is 11.3 Å². The van der Waals surface area contributed by atoms with Crippen LogP contribution in [0, 0.1) is 6.92 Å². The van der Waals surface area contributed by atoms with Gasteiger partial charge in [0.25, 0.3) is 0 Å². The molecule has 0 fully saturated rings. The van der Waals surface area contributed by atoms with Gasteiger partial charge in [0.05, 0.1) is 18.0 Å². The Hall–Kier alpha value is -1.22. The third kappa shape index (κ3) is 3.26. The van der Waals surface area contributed by atoms with E-state index < -0.39 is 10.0 Å². The molecule has 20 heavy (non-hydrogen) atoms. The van der Waals surface area contributed by atoms with Crippen LogP contribution in [0.4, 0.5) is 0 Å². The summed E-state index contributed by atoms with van der Waals surface area (Å²) < 4.78 is 29.1. The first-order valence-electron chi connectivity index (χ1n) is 6.11. The van der Waals surface area contributed by atoms with Gasteiger partial charge in [0, 0.05) is 18.4 Å². The Balaban J connectivity index is 2.16. The van der Waals surface area contributed by atoms with Crippen LogP contribution in [0.15, 0.2) is 28.7 Å². The second-order valence-corrected chi connectivity index (χ2v) is 7.19. The largest absolute Gasteiger partial charge is 0.391 e. The van der Waals surface area contributed by atoms with Gasteiger partial charge in [-0.2, -0.15) is 5.10 Å². The second-order valence-electron chi connectivity index (χ2n) is 4.58. The predicted molar refractivity (Wildman–Crippen MR) is 77.0 cm³/mol. The SMILES string of the molecule is Cc1csc(CO)c1S(=O)(=O)NC(C)Cn1cccn1. The van der Waals surface area contributed by atoms with Gasteiger partial charge in [-0.05, 0) is 30.9 Å². The van der Waals surface area contributed by atoms with Gasteiger partial charge in [0.15, 0.2) is 0 Å². The average molecular weight is 315 g/mol. The summed E-state index contributed by atoms with van der Waals surface area (Å²) in [6, 6.07) is 1.49. The zero-order valence-corrected chi connectivity index (χ0v) is 12.9. The third-order valence-electron chi connectivity index (χ3n) is 2.78. The highest BCUT2D eigenvalue weighted by atomic mass is 32.2. The number of aromatic nitrogens is 2. The minimum absolute atomic E-state index is 0.192. The summed E-state index contributed by atoms with van der Waals surface area (Å²) in [6.45, 7) is 3.67. The van der Waals surface area contributed by atoms with Crippen molar-refractivity contribution in [2.45, 2.75) is 37.9 Å². The molecular formula is C12H17N3O3S2. The van der Waals surface area contributed by atoms with E-state index in [0.29, 0.717) is 17.0 Å². The second kappa shape index (κ2) is 6.04.